The molecule has 0 aromatic heterocycles. The van der Waals surface area contributed by atoms with Crippen molar-refractivity contribution in [1.29, 1.82) is 0 Å². The summed E-state index contributed by atoms with van der Waals surface area (Å²) < 4.78 is 5.10. The Kier molecular flexibility index (Phi) is 3.54. The summed E-state index contributed by atoms with van der Waals surface area (Å²) in [6, 6.07) is 6.27. The van der Waals surface area contributed by atoms with Crippen LogP contribution < -0.4 is 4.74 Å². The van der Waals surface area contributed by atoms with Crippen LogP contribution in [0.3, 0.4) is 0 Å². The Labute approximate surface area is 103 Å². The van der Waals surface area contributed by atoms with Crippen LogP contribution in [0.5, 0.6) is 5.75 Å². The second-order valence-corrected chi connectivity index (χ2v) is 5.05. The minimum atomic E-state index is -0.938. The van der Waals surface area contributed by atoms with Crippen LogP contribution in [0, 0.1) is 10.1 Å². The summed E-state index contributed by atoms with van der Waals surface area (Å²) in [6.45, 7) is 0. The largest absolute Gasteiger partial charge is 0.497 e. The maximum atomic E-state index is 11.0. The molecular weight excluding hydrogens is 242 g/mol. The van der Waals surface area contributed by atoms with Gasteiger partial charge in [-0.3, -0.25) is 10.1 Å². The first-order valence-corrected chi connectivity index (χ1v) is 6.25. The van der Waals surface area contributed by atoms with Crippen molar-refractivity contribution in [1.82, 2.24) is 0 Å². The van der Waals surface area contributed by atoms with Gasteiger partial charge in [0.2, 0.25) is 0 Å². The molecule has 1 fully saturated rings. The van der Waals surface area contributed by atoms with Gasteiger partial charge in [0.25, 0.3) is 6.04 Å². The number of ether oxygens (including phenoxy) is 1. The molecule has 1 aromatic rings. The van der Waals surface area contributed by atoms with Gasteiger partial charge in [-0.2, -0.15) is 0 Å². The molecule has 0 radical (unpaired) electrons. The Morgan fingerprint density at radius 2 is 2.35 bits per heavy atom. The molecule has 5 nitrogen and oxygen atoms in total. The van der Waals surface area contributed by atoms with Gasteiger partial charge in [-0.25, -0.2) is 0 Å². The van der Waals surface area contributed by atoms with Crippen molar-refractivity contribution in [2.75, 3.05) is 12.9 Å². The first kappa shape index (κ1) is 12.2. The van der Waals surface area contributed by atoms with Gasteiger partial charge in [0.1, 0.15) is 17.1 Å². The second-order valence-electron chi connectivity index (χ2n) is 3.87. The molecule has 1 aromatic carbocycles. The van der Waals surface area contributed by atoms with E-state index in [4.69, 9.17) is 4.74 Å². The molecule has 0 bridgehead atoms. The Bertz CT molecular complexity index is 426. The second kappa shape index (κ2) is 4.93. The van der Waals surface area contributed by atoms with E-state index in [2.05, 4.69) is 0 Å². The van der Waals surface area contributed by atoms with E-state index in [9.17, 15) is 15.2 Å². The molecule has 0 aliphatic carbocycles. The fourth-order valence-electron chi connectivity index (χ4n) is 1.96. The maximum absolute atomic E-state index is 11.0. The fourth-order valence-corrected chi connectivity index (χ4v) is 3.38. The monoisotopic (exact) mass is 255 g/mol. The lowest BCUT2D eigenvalue weighted by molar-refractivity contribution is -0.531. The molecule has 17 heavy (non-hydrogen) atoms. The number of aliphatic hydroxyl groups excluding tert-OH is 1. The predicted octanol–water partition coefficient (Wildman–Crippen LogP) is 1.49. The highest BCUT2D eigenvalue weighted by Gasteiger charge is 2.45. The highest BCUT2D eigenvalue weighted by atomic mass is 32.2. The minimum absolute atomic E-state index is 0.310. The number of rotatable bonds is 3. The van der Waals surface area contributed by atoms with Gasteiger partial charge in [-0.05, 0) is 17.7 Å². The van der Waals surface area contributed by atoms with E-state index in [-0.39, 0.29) is 5.25 Å². The Morgan fingerprint density at radius 3 is 3.00 bits per heavy atom. The van der Waals surface area contributed by atoms with Crippen molar-refractivity contribution in [2.45, 2.75) is 17.4 Å². The molecule has 0 saturated carbocycles. The van der Waals surface area contributed by atoms with Crippen LogP contribution in [0.2, 0.25) is 0 Å². The van der Waals surface area contributed by atoms with Gasteiger partial charge in [-0.1, -0.05) is 12.1 Å². The number of nitrogens with zero attached hydrogens (tertiary/aromatic N) is 1. The number of thioether (sulfide) groups is 1. The number of methoxy groups -OCH3 is 1. The molecule has 0 spiro atoms. The molecular formula is C11H13NO4S. The topological polar surface area (TPSA) is 72.6 Å². The van der Waals surface area contributed by atoms with E-state index >= 15 is 0 Å². The summed E-state index contributed by atoms with van der Waals surface area (Å²) in [5.74, 6) is 1.07. The van der Waals surface area contributed by atoms with E-state index in [1.807, 2.05) is 6.07 Å². The third-order valence-corrected chi connectivity index (χ3v) is 4.26. The van der Waals surface area contributed by atoms with Crippen molar-refractivity contribution in [3.63, 3.8) is 0 Å². The van der Waals surface area contributed by atoms with Crippen molar-refractivity contribution < 1.29 is 14.8 Å². The highest BCUT2D eigenvalue weighted by molar-refractivity contribution is 7.99. The Balaban J connectivity index is 2.29. The molecule has 1 saturated heterocycles. The lowest BCUT2D eigenvalue weighted by Gasteiger charge is -2.14. The average molecular weight is 255 g/mol. The molecule has 3 atom stereocenters. The first-order valence-electron chi connectivity index (χ1n) is 5.20. The van der Waals surface area contributed by atoms with E-state index < -0.39 is 17.1 Å². The molecule has 1 aliphatic rings. The number of benzene rings is 1. The zero-order valence-electron chi connectivity index (χ0n) is 9.28. The van der Waals surface area contributed by atoms with Crippen LogP contribution in [0.1, 0.15) is 10.8 Å². The summed E-state index contributed by atoms with van der Waals surface area (Å²) in [5.41, 5.74) is 0.826. The highest BCUT2D eigenvalue weighted by Crippen LogP contribution is 2.42. The maximum Gasteiger partial charge on any atom is 0.255 e. The zero-order valence-corrected chi connectivity index (χ0v) is 10.1. The van der Waals surface area contributed by atoms with Crippen molar-refractivity contribution >= 4 is 11.8 Å². The van der Waals surface area contributed by atoms with Gasteiger partial charge in [0.05, 0.1) is 7.11 Å². The molecule has 1 aliphatic heterocycles. The molecule has 6 heteroatoms. The normalized spacial score (nSPS) is 28.0. The lowest BCUT2D eigenvalue weighted by atomic mass is 10.0. The molecule has 1 N–H and O–H groups in total. The first-order chi connectivity index (χ1) is 8.13. The fraction of sp³-hybridized carbons (Fsp3) is 0.455. The van der Waals surface area contributed by atoms with Crippen LogP contribution in [-0.4, -0.2) is 35.0 Å². The van der Waals surface area contributed by atoms with Gasteiger partial charge in [-0.15, -0.1) is 11.8 Å². The third-order valence-electron chi connectivity index (χ3n) is 2.82. The number of hydrogen-bond acceptors (Lipinski definition) is 5. The summed E-state index contributed by atoms with van der Waals surface area (Å²) in [5, 5.41) is 20.3. The third kappa shape index (κ3) is 2.37. The van der Waals surface area contributed by atoms with Crippen molar-refractivity contribution in [2.24, 2.45) is 0 Å². The predicted molar refractivity (Wildman–Crippen MR) is 65.0 cm³/mol. The van der Waals surface area contributed by atoms with E-state index in [0.29, 0.717) is 11.5 Å². The van der Waals surface area contributed by atoms with Crippen LogP contribution in [0.15, 0.2) is 24.3 Å². The van der Waals surface area contributed by atoms with E-state index in [0.717, 1.165) is 5.56 Å². The molecule has 2 rings (SSSR count). The van der Waals surface area contributed by atoms with E-state index in [1.54, 1.807) is 25.3 Å². The SMILES string of the molecule is COc1cccc([C@@H]2SC[C@@H](O)[C@H]2[N+](=O)[O-])c1. The summed E-state index contributed by atoms with van der Waals surface area (Å²) in [7, 11) is 1.56. The number of hydrogen-bond donors (Lipinski definition) is 1. The zero-order chi connectivity index (χ0) is 12.4. The number of nitro groups is 1. The van der Waals surface area contributed by atoms with Crippen molar-refractivity contribution in [3.05, 3.63) is 39.9 Å². The summed E-state index contributed by atoms with van der Waals surface area (Å²) >= 11 is 1.41. The Hall–Kier alpha value is -1.27. The van der Waals surface area contributed by atoms with Crippen LogP contribution >= 0.6 is 11.8 Å². The average Bonchev–Trinajstić information content (AvgIpc) is 2.71. The van der Waals surface area contributed by atoms with Crippen LogP contribution in [0.4, 0.5) is 0 Å². The minimum Gasteiger partial charge on any atom is -0.497 e. The quantitative estimate of drug-likeness (QED) is 0.654. The van der Waals surface area contributed by atoms with Crippen molar-refractivity contribution in [3.8, 4) is 5.75 Å². The molecule has 92 valence electrons. The van der Waals surface area contributed by atoms with Crippen LogP contribution in [0.25, 0.3) is 0 Å². The standard InChI is InChI=1S/C11H13NO4S/c1-16-8-4-2-3-7(5-8)11-10(12(14)15)9(13)6-17-11/h2-5,9-11,13H,6H2,1H3/t9-,10-,11+/m1/s1. The summed E-state index contributed by atoms with van der Waals surface area (Å²) in [4.78, 5) is 10.6. The lowest BCUT2D eigenvalue weighted by Crippen LogP contribution is -2.33. The molecule has 0 amide bonds. The van der Waals surface area contributed by atoms with Gasteiger partial charge < -0.3 is 9.84 Å². The van der Waals surface area contributed by atoms with E-state index in [1.165, 1.54) is 11.8 Å². The van der Waals surface area contributed by atoms with Gasteiger partial charge in [0, 0.05) is 10.7 Å². The molecule has 0 unspecified atom stereocenters. The van der Waals surface area contributed by atoms with Gasteiger partial charge >= 0.3 is 0 Å². The number of aliphatic hydroxyl groups is 1. The summed E-state index contributed by atoms with van der Waals surface area (Å²) in [6.07, 6.45) is -0.883. The van der Waals surface area contributed by atoms with Gasteiger partial charge in [0.15, 0.2) is 0 Å². The smallest absolute Gasteiger partial charge is 0.255 e. The molecule has 1 heterocycles. The Morgan fingerprint density at radius 1 is 1.59 bits per heavy atom. The van der Waals surface area contributed by atoms with Crippen LogP contribution in [-0.2, 0) is 0 Å².